The molecule has 0 N–H and O–H groups in total. The third-order valence-corrected chi connectivity index (χ3v) is 1.65. The molecule has 0 aliphatic heterocycles. The summed E-state index contributed by atoms with van der Waals surface area (Å²) in [7, 11) is 0. The lowest BCUT2D eigenvalue weighted by atomic mass is 10.4. The minimum Gasteiger partial charge on any atom is -0.351 e. The molecule has 0 radical (unpaired) electrons. The fourth-order valence-corrected chi connectivity index (χ4v) is 0.930. The minimum absolute atomic E-state index is 0.243. The van der Waals surface area contributed by atoms with Crippen molar-refractivity contribution in [3.05, 3.63) is 0 Å². The second kappa shape index (κ2) is 9.40. The molecule has 0 amide bonds. The normalized spacial score (nSPS) is 13.5. The van der Waals surface area contributed by atoms with E-state index < -0.39 is 0 Å². The van der Waals surface area contributed by atoms with E-state index in [1.165, 1.54) is 5.23 Å². The van der Waals surface area contributed by atoms with Gasteiger partial charge >= 0.3 is 0 Å². The van der Waals surface area contributed by atoms with Crippen LogP contribution in [0.5, 0.6) is 0 Å². The maximum atomic E-state index is 5.42. The number of nitrogens with zero attached hydrogens (tertiary/aromatic N) is 1. The zero-order valence-corrected chi connectivity index (χ0v) is 9.78. The molecule has 0 rings (SSSR count). The topological polar surface area (TPSA) is 30.9 Å². The number of hydrogen-bond acceptors (Lipinski definition) is 4. The van der Waals surface area contributed by atoms with Gasteiger partial charge in [0.1, 0.15) is 0 Å². The summed E-state index contributed by atoms with van der Waals surface area (Å²) in [6.45, 7) is 9.93. The lowest BCUT2D eigenvalue weighted by Gasteiger charge is -2.22. The second-order valence-corrected chi connectivity index (χ2v) is 2.96. The lowest BCUT2D eigenvalue weighted by molar-refractivity contribution is -0.412. The van der Waals surface area contributed by atoms with Gasteiger partial charge in [-0.25, -0.2) is 4.84 Å². The first-order chi connectivity index (χ1) is 6.74. The molecule has 14 heavy (non-hydrogen) atoms. The van der Waals surface area contributed by atoms with Crippen molar-refractivity contribution in [2.75, 3.05) is 19.8 Å². The summed E-state index contributed by atoms with van der Waals surface area (Å²) in [5, 5.41) is 1.45. The van der Waals surface area contributed by atoms with Crippen LogP contribution in [0, 0.1) is 0 Å². The van der Waals surface area contributed by atoms with Crippen LogP contribution in [0.1, 0.15) is 40.5 Å². The highest BCUT2D eigenvalue weighted by atomic mass is 17.0. The first-order valence-corrected chi connectivity index (χ1v) is 5.43. The molecule has 0 aromatic heterocycles. The number of hydroxylamine groups is 2. The minimum atomic E-state index is -0.243. The molecule has 1 atom stereocenters. The molecule has 0 aromatic carbocycles. The van der Waals surface area contributed by atoms with Gasteiger partial charge in [-0.15, -0.1) is 0 Å². The van der Waals surface area contributed by atoms with Crippen LogP contribution in [0.2, 0.25) is 0 Å². The van der Waals surface area contributed by atoms with Crippen molar-refractivity contribution < 1.29 is 14.4 Å². The molecule has 86 valence electrons. The van der Waals surface area contributed by atoms with Crippen LogP contribution in [0.15, 0.2) is 0 Å². The largest absolute Gasteiger partial charge is 0.351 e. The number of rotatable bonds is 9. The van der Waals surface area contributed by atoms with Gasteiger partial charge in [0.05, 0.1) is 6.61 Å². The van der Waals surface area contributed by atoms with Gasteiger partial charge in [0.25, 0.3) is 0 Å². The summed E-state index contributed by atoms with van der Waals surface area (Å²) in [4.78, 5) is 10.6. The smallest absolute Gasteiger partial charge is 0.177 e. The Kier molecular flexibility index (Phi) is 9.29. The highest BCUT2D eigenvalue weighted by molar-refractivity contribution is 4.34. The van der Waals surface area contributed by atoms with E-state index in [1.807, 2.05) is 20.8 Å². The Morgan fingerprint density at radius 3 is 2.43 bits per heavy atom. The average molecular weight is 205 g/mol. The van der Waals surface area contributed by atoms with Crippen molar-refractivity contribution in [2.24, 2.45) is 0 Å². The van der Waals surface area contributed by atoms with E-state index >= 15 is 0 Å². The number of unbranched alkanes of at least 4 members (excludes halogenated alkanes) is 1. The van der Waals surface area contributed by atoms with Crippen LogP contribution < -0.4 is 0 Å². The predicted molar refractivity (Wildman–Crippen MR) is 55.4 cm³/mol. The van der Waals surface area contributed by atoms with Crippen LogP contribution in [0.4, 0.5) is 0 Å². The first-order valence-electron chi connectivity index (χ1n) is 5.43. The molecule has 0 aromatic rings. The molecule has 4 heteroatoms. The van der Waals surface area contributed by atoms with Crippen LogP contribution >= 0.6 is 0 Å². The summed E-state index contributed by atoms with van der Waals surface area (Å²) in [5.41, 5.74) is 0. The SMILES string of the molecule is CCCCOC(C)ON(CC)OCC. The summed E-state index contributed by atoms with van der Waals surface area (Å²) < 4.78 is 5.42. The van der Waals surface area contributed by atoms with E-state index in [9.17, 15) is 0 Å². The van der Waals surface area contributed by atoms with Crippen molar-refractivity contribution in [3.8, 4) is 0 Å². The van der Waals surface area contributed by atoms with Gasteiger partial charge in [-0.05, 0) is 27.2 Å². The monoisotopic (exact) mass is 205 g/mol. The third kappa shape index (κ3) is 7.26. The van der Waals surface area contributed by atoms with Gasteiger partial charge in [0.2, 0.25) is 0 Å². The lowest BCUT2D eigenvalue weighted by Crippen LogP contribution is -2.30. The Morgan fingerprint density at radius 1 is 1.21 bits per heavy atom. The molecular formula is C10H23NO3. The molecule has 0 heterocycles. The van der Waals surface area contributed by atoms with Crippen molar-refractivity contribution in [1.29, 1.82) is 0 Å². The Bertz CT molecular complexity index is 122. The average Bonchev–Trinajstić information content (AvgIpc) is 2.17. The van der Waals surface area contributed by atoms with Crippen molar-refractivity contribution in [1.82, 2.24) is 5.23 Å². The molecule has 0 saturated heterocycles. The molecule has 1 unspecified atom stereocenters. The van der Waals surface area contributed by atoms with Gasteiger partial charge in [0.15, 0.2) is 6.29 Å². The highest BCUT2D eigenvalue weighted by Gasteiger charge is 2.08. The highest BCUT2D eigenvalue weighted by Crippen LogP contribution is 2.01. The van der Waals surface area contributed by atoms with Crippen molar-refractivity contribution >= 4 is 0 Å². The van der Waals surface area contributed by atoms with E-state index in [4.69, 9.17) is 14.4 Å². The molecule has 0 spiro atoms. The van der Waals surface area contributed by atoms with E-state index in [-0.39, 0.29) is 6.29 Å². The van der Waals surface area contributed by atoms with Gasteiger partial charge in [-0.2, -0.15) is 0 Å². The summed E-state index contributed by atoms with van der Waals surface area (Å²) >= 11 is 0. The fraction of sp³-hybridized carbons (Fsp3) is 1.00. The molecule has 0 fully saturated rings. The van der Waals surface area contributed by atoms with Crippen LogP contribution in [-0.2, 0) is 14.4 Å². The zero-order valence-electron chi connectivity index (χ0n) is 9.78. The van der Waals surface area contributed by atoms with E-state index in [0.29, 0.717) is 13.2 Å². The molecule has 0 aliphatic rings. The molecule has 0 bridgehead atoms. The Morgan fingerprint density at radius 2 is 1.93 bits per heavy atom. The van der Waals surface area contributed by atoms with Gasteiger partial charge < -0.3 is 4.74 Å². The quantitative estimate of drug-likeness (QED) is 0.328. The van der Waals surface area contributed by atoms with Crippen LogP contribution in [0.25, 0.3) is 0 Å². The third-order valence-electron chi connectivity index (χ3n) is 1.65. The van der Waals surface area contributed by atoms with Gasteiger partial charge in [0, 0.05) is 13.2 Å². The predicted octanol–water partition coefficient (Wildman–Crippen LogP) is 2.35. The number of ether oxygens (including phenoxy) is 1. The summed E-state index contributed by atoms with van der Waals surface area (Å²) in [5.74, 6) is 0. The maximum absolute atomic E-state index is 5.42. The molecule has 0 aliphatic carbocycles. The van der Waals surface area contributed by atoms with E-state index in [1.54, 1.807) is 0 Å². The second-order valence-electron chi connectivity index (χ2n) is 2.96. The number of hydrogen-bond donors (Lipinski definition) is 0. The van der Waals surface area contributed by atoms with E-state index in [2.05, 4.69) is 6.92 Å². The Hall–Kier alpha value is -0.160. The van der Waals surface area contributed by atoms with Crippen LogP contribution in [-0.4, -0.2) is 31.3 Å². The maximum Gasteiger partial charge on any atom is 0.177 e. The molecule has 0 saturated carbocycles. The van der Waals surface area contributed by atoms with Crippen molar-refractivity contribution in [3.63, 3.8) is 0 Å². The first kappa shape index (κ1) is 13.8. The van der Waals surface area contributed by atoms with Crippen molar-refractivity contribution in [2.45, 2.75) is 46.8 Å². The van der Waals surface area contributed by atoms with Gasteiger partial charge in [-0.1, -0.05) is 18.6 Å². The van der Waals surface area contributed by atoms with E-state index in [0.717, 1.165) is 19.4 Å². The van der Waals surface area contributed by atoms with Crippen LogP contribution in [0.3, 0.4) is 0 Å². The molecule has 4 nitrogen and oxygen atoms in total. The fourth-order valence-electron chi connectivity index (χ4n) is 0.930. The summed E-state index contributed by atoms with van der Waals surface area (Å²) in [6, 6.07) is 0. The zero-order chi connectivity index (χ0) is 10.8. The summed E-state index contributed by atoms with van der Waals surface area (Å²) in [6.07, 6.45) is 1.96. The van der Waals surface area contributed by atoms with Gasteiger partial charge in [-0.3, -0.25) is 4.84 Å². The standard InChI is InChI=1S/C10H23NO3/c1-5-8-9-12-10(4)14-11(6-2)13-7-3/h10H,5-9H2,1-4H3. The molecular weight excluding hydrogens is 182 g/mol. The Balaban J connectivity index is 3.51. The Labute approximate surface area is 87.0 Å².